The second-order valence-corrected chi connectivity index (χ2v) is 6.48. The predicted octanol–water partition coefficient (Wildman–Crippen LogP) is 2.05. The third-order valence-electron chi connectivity index (χ3n) is 4.66. The Hall–Kier alpha value is -2.55. The summed E-state index contributed by atoms with van der Waals surface area (Å²) in [6.07, 6.45) is 1.26. The van der Waals surface area contributed by atoms with Crippen LogP contribution in [0.2, 0.25) is 0 Å². The van der Waals surface area contributed by atoms with E-state index in [4.69, 9.17) is 21.7 Å². The van der Waals surface area contributed by atoms with Crippen molar-refractivity contribution in [2.24, 2.45) is 5.10 Å². The van der Waals surface area contributed by atoms with Crippen molar-refractivity contribution in [3.8, 4) is 11.5 Å². The van der Waals surface area contributed by atoms with Crippen molar-refractivity contribution >= 4 is 29.6 Å². The molecule has 3 rings (SSSR count). The normalized spacial score (nSPS) is 21.9. The van der Waals surface area contributed by atoms with Crippen molar-refractivity contribution in [1.82, 2.24) is 20.1 Å². The summed E-state index contributed by atoms with van der Waals surface area (Å²) in [5.41, 5.74) is 0.848. The van der Waals surface area contributed by atoms with Gasteiger partial charge in [0.2, 0.25) is 0 Å². The van der Waals surface area contributed by atoms with Crippen LogP contribution in [0.1, 0.15) is 26.3 Å². The van der Waals surface area contributed by atoms with Crippen LogP contribution in [0.25, 0.3) is 0 Å². The maximum Gasteiger partial charge on any atom is 0.323 e. The fourth-order valence-corrected chi connectivity index (χ4v) is 3.68. The summed E-state index contributed by atoms with van der Waals surface area (Å²) in [6, 6.07) is 5.60. The largest absolute Gasteiger partial charge is 0.493 e. The minimum Gasteiger partial charge on any atom is -0.493 e. The molecule has 8 nitrogen and oxygen atoms in total. The Morgan fingerprint density at radius 1 is 1.22 bits per heavy atom. The summed E-state index contributed by atoms with van der Waals surface area (Å²) in [4.78, 5) is 16.1. The molecule has 2 saturated heterocycles. The summed E-state index contributed by atoms with van der Waals surface area (Å²) in [6.45, 7) is 7.60. The molecule has 2 unspecified atom stereocenters. The number of ether oxygens (including phenoxy) is 2. The number of amides is 2. The molecule has 0 spiro atoms. The zero-order chi connectivity index (χ0) is 19.6. The van der Waals surface area contributed by atoms with Crippen LogP contribution in [0.3, 0.4) is 0 Å². The predicted molar refractivity (Wildman–Crippen MR) is 107 cm³/mol. The number of nitrogens with zero attached hydrogens (tertiary/aromatic N) is 4. The van der Waals surface area contributed by atoms with Crippen molar-refractivity contribution in [3.63, 3.8) is 0 Å². The van der Waals surface area contributed by atoms with E-state index < -0.39 is 0 Å². The number of hydrogen-bond donors (Lipinski definition) is 1. The van der Waals surface area contributed by atoms with Gasteiger partial charge < -0.3 is 19.7 Å². The van der Waals surface area contributed by atoms with Gasteiger partial charge in [-0.3, -0.25) is 4.90 Å². The molecular formula is C18H25N5O3S. The van der Waals surface area contributed by atoms with Crippen LogP contribution in [-0.2, 0) is 0 Å². The Bertz CT molecular complexity index is 757. The van der Waals surface area contributed by atoms with E-state index in [1.54, 1.807) is 28.1 Å². The molecular weight excluding hydrogens is 366 g/mol. The highest BCUT2D eigenvalue weighted by Crippen LogP contribution is 2.30. The lowest BCUT2D eigenvalue weighted by molar-refractivity contribution is 0.157. The number of benzene rings is 1. The van der Waals surface area contributed by atoms with Gasteiger partial charge in [0.05, 0.1) is 19.9 Å². The Labute approximate surface area is 164 Å². The fraction of sp³-hybridized carbons (Fsp3) is 0.500. The second kappa shape index (κ2) is 7.99. The maximum absolute atomic E-state index is 12.5. The van der Waals surface area contributed by atoms with Gasteiger partial charge in [-0.2, -0.15) is 5.10 Å². The number of hydrogen-bond acceptors (Lipinski definition) is 5. The van der Waals surface area contributed by atoms with Gasteiger partial charge in [-0.25, -0.2) is 9.80 Å². The molecule has 2 aliphatic heterocycles. The average molecular weight is 391 g/mol. The van der Waals surface area contributed by atoms with Crippen molar-refractivity contribution in [1.29, 1.82) is 0 Å². The van der Waals surface area contributed by atoms with E-state index in [1.165, 1.54) is 0 Å². The summed E-state index contributed by atoms with van der Waals surface area (Å²) in [5.74, 6) is 1.33. The summed E-state index contributed by atoms with van der Waals surface area (Å²) >= 11 is 5.45. The van der Waals surface area contributed by atoms with E-state index in [9.17, 15) is 4.79 Å². The molecule has 146 valence electrons. The Kier molecular flexibility index (Phi) is 5.69. The molecule has 2 amide bonds. The third-order valence-corrected chi connectivity index (χ3v) is 4.96. The first kappa shape index (κ1) is 19.2. The number of urea groups is 1. The molecule has 2 heterocycles. The van der Waals surface area contributed by atoms with Gasteiger partial charge in [0.15, 0.2) is 22.8 Å². The van der Waals surface area contributed by atoms with Crippen molar-refractivity contribution in [2.75, 3.05) is 26.8 Å². The Balaban J connectivity index is 1.84. The van der Waals surface area contributed by atoms with E-state index in [-0.39, 0.29) is 18.4 Å². The number of nitrogens with one attached hydrogen (secondary N) is 1. The number of hydrazone groups is 1. The maximum atomic E-state index is 12.5. The molecule has 1 aromatic carbocycles. The van der Waals surface area contributed by atoms with Crippen LogP contribution in [0.5, 0.6) is 11.5 Å². The summed E-state index contributed by atoms with van der Waals surface area (Å²) in [5, 5.41) is 9.96. The molecule has 9 heteroatoms. The zero-order valence-electron chi connectivity index (χ0n) is 16.0. The number of carbonyl (C=O) groups excluding carboxylic acids is 1. The highest BCUT2D eigenvalue weighted by Gasteiger charge is 2.53. The van der Waals surface area contributed by atoms with E-state index in [0.717, 1.165) is 5.56 Å². The highest BCUT2D eigenvalue weighted by atomic mass is 32.1. The lowest BCUT2D eigenvalue weighted by Crippen LogP contribution is -2.43. The van der Waals surface area contributed by atoms with Crippen LogP contribution in [0.15, 0.2) is 23.3 Å². The molecule has 0 aromatic heterocycles. The first-order valence-electron chi connectivity index (χ1n) is 9.07. The molecule has 0 saturated carbocycles. The van der Waals surface area contributed by atoms with Gasteiger partial charge >= 0.3 is 6.03 Å². The average Bonchev–Trinajstić information content (AvgIpc) is 3.11. The molecule has 1 N–H and O–H groups in total. The lowest BCUT2D eigenvalue weighted by Gasteiger charge is -2.25. The molecule has 0 bridgehead atoms. The Morgan fingerprint density at radius 2 is 1.96 bits per heavy atom. The number of fused-ring (bicyclic) bond motifs is 1. The SMILES string of the molecule is CCOc1ccc(/C=N/N2C(=S)NC3C2N(CC)C(=O)N3CC)cc1OC. The van der Waals surface area contributed by atoms with Crippen molar-refractivity contribution < 1.29 is 14.3 Å². The zero-order valence-corrected chi connectivity index (χ0v) is 16.8. The number of thiocarbonyl (C=S) groups is 1. The minimum atomic E-state index is -0.254. The van der Waals surface area contributed by atoms with Crippen molar-refractivity contribution in [2.45, 2.75) is 33.1 Å². The van der Waals surface area contributed by atoms with E-state index in [1.807, 2.05) is 39.0 Å². The first-order valence-corrected chi connectivity index (χ1v) is 9.48. The molecule has 2 aliphatic rings. The van der Waals surface area contributed by atoms with Gasteiger partial charge in [-0.15, -0.1) is 0 Å². The van der Waals surface area contributed by atoms with E-state index >= 15 is 0 Å². The monoisotopic (exact) mass is 391 g/mol. The highest BCUT2D eigenvalue weighted by molar-refractivity contribution is 7.80. The smallest absolute Gasteiger partial charge is 0.323 e. The van der Waals surface area contributed by atoms with Crippen LogP contribution in [-0.4, -0.2) is 71.3 Å². The topological polar surface area (TPSA) is 69.6 Å². The van der Waals surface area contributed by atoms with E-state index in [2.05, 4.69) is 10.4 Å². The van der Waals surface area contributed by atoms with Gasteiger partial charge in [-0.05, 0) is 56.8 Å². The van der Waals surface area contributed by atoms with E-state index in [0.29, 0.717) is 36.3 Å². The van der Waals surface area contributed by atoms with Crippen LogP contribution in [0.4, 0.5) is 4.79 Å². The molecule has 0 aliphatic carbocycles. The van der Waals surface area contributed by atoms with Crippen molar-refractivity contribution in [3.05, 3.63) is 23.8 Å². The summed E-state index contributed by atoms with van der Waals surface area (Å²) < 4.78 is 10.9. The molecule has 0 radical (unpaired) electrons. The van der Waals surface area contributed by atoms with Crippen LogP contribution >= 0.6 is 12.2 Å². The summed E-state index contributed by atoms with van der Waals surface area (Å²) in [7, 11) is 1.60. The van der Waals surface area contributed by atoms with Gasteiger partial charge in [0.25, 0.3) is 0 Å². The van der Waals surface area contributed by atoms with Gasteiger partial charge in [0, 0.05) is 13.1 Å². The molecule has 2 atom stereocenters. The number of methoxy groups -OCH3 is 1. The second-order valence-electron chi connectivity index (χ2n) is 6.09. The van der Waals surface area contributed by atoms with Crippen LogP contribution in [0, 0.1) is 0 Å². The minimum absolute atomic E-state index is 0.00654. The first-order chi connectivity index (χ1) is 13.0. The number of likely N-dealkylation sites (N-methyl/N-ethyl adjacent to an activating group) is 2. The van der Waals surface area contributed by atoms with Gasteiger partial charge in [0.1, 0.15) is 6.17 Å². The molecule has 2 fully saturated rings. The third kappa shape index (κ3) is 3.39. The standard InChI is InChI=1S/C18H25N5O3S/c1-5-21-15-16(22(6-2)18(21)24)23(17(27)20-15)19-11-12-8-9-13(26-7-3)14(10-12)25-4/h8-11,15-16H,5-7H2,1-4H3,(H,20,27)/b19-11+. The molecule has 27 heavy (non-hydrogen) atoms. The lowest BCUT2D eigenvalue weighted by atomic mass is 10.2. The number of rotatable bonds is 7. The quantitative estimate of drug-likeness (QED) is 0.567. The number of carbonyl (C=O) groups is 1. The van der Waals surface area contributed by atoms with Gasteiger partial charge in [-0.1, -0.05) is 0 Å². The Morgan fingerprint density at radius 3 is 2.59 bits per heavy atom. The van der Waals surface area contributed by atoms with Crippen LogP contribution < -0.4 is 14.8 Å². The molecule has 1 aromatic rings. The fourth-order valence-electron chi connectivity index (χ4n) is 3.40.